The van der Waals surface area contributed by atoms with E-state index in [1.54, 1.807) is 6.26 Å². The summed E-state index contributed by atoms with van der Waals surface area (Å²) in [5.74, 6) is 3.44. The SMILES string of the molecule is C#CCN(CC1CC1)c1nc(CNC(C)C)co1. The van der Waals surface area contributed by atoms with Gasteiger partial charge in [0, 0.05) is 19.1 Å². The lowest BCUT2D eigenvalue weighted by Crippen LogP contribution is -2.26. The maximum atomic E-state index is 5.52. The van der Waals surface area contributed by atoms with Gasteiger partial charge >= 0.3 is 0 Å². The number of anilines is 1. The van der Waals surface area contributed by atoms with Gasteiger partial charge < -0.3 is 14.6 Å². The number of oxazole rings is 1. The van der Waals surface area contributed by atoms with Crippen molar-refractivity contribution < 1.29 is 4.42 Å². The molecule has 0 spiro atoms. The van der Waals surface area contributed by atoms with E-state index in [2.05, 4.69) is 35.0 Å². The molecule has 98 valence electrons. The van der Waals surface area contributed by atoms with Crippen LogP contribution in [0.1, 0.15) is 32.4 Å². The molecule has 1 aromatic heterocycles. The van der Waals surface area contributed by atoms with E-state index in [-0.39, 0.29) is 0 Å². The molecule has 4 nitrogen and oxygen atoms in total. The van der Waals surface area contributed by atoms with Crippen LogP contribution in [0, 0.1) is 18.3 Å². The molecule has 0 saturated heterocycles. The first-order chi connectivity index (χ1) is 8.69. The number of terminal acetylenes is 1. The third-order valence-corrected chi connectivity index (χ3v) is 2.96. The van der Waals surface area contributed by atoms with Crippen molar-refractivity contribution in [2.24, 2.45) is 5.92 Å². The first kappa shape index (κ1) is 13.0. The number of nitrogens with zero attached hydrogens (tertiary/aromatic N) is 2. The molecule has 0 unspecified atom stereocenters. The number of aromatic nitrogens is 1. The fourth-order valence-corrected chi connectivity index (χ4v) is 1.76. The molecular formula is C14H21N3O. The normalized spacial score (nSPS) is 14.8. The van der Waals surface area contributed by atoms with Crippen LogP contribution >= 0.6 is 0 Å². The van der Waals surface area contributed by atoms with Gasteiger partial charge in [0.1, 0.15) is 6.26 Å². The maximum absolute atomic E-state index is 5.52. The Bertz CT molecular complexity index is 415. The molecule has 0 aliphatic heterocycles. The van der Waals surface area contributed by atoms with Crippen LogP contribution in [0.15, 0.2) is 10.7 Å². The molecule has 1 aliphatic rings. The minimum Gasteiger partial charge on any atom is -0.432 e. The second kappa shape index (κ2) is 5.92. The quantitative estimate of drug-likeness (QED) is 0.748. The molecule has 1 aromatic rings. The molecule has 1 saturated carbocycles. The molecule has 1 N–H and O–H groups in total. The van der Waals surface area contributed by atoms with E-state index in [9.17, 15) is 0 Å². The van der Waals surface area contributed by atoms with Gasteiger partial charge in [-0.2, -0.15) is 4.98 Å². The Morgan fingerprint density at radius 1 is 1.61 bits per heavy atom. The highest BCUT2D eigenvalue weighted by Crippen LogP contribution is 2.31. The molecule has 0 bridgehead atoms. The second-order valence-corrected chi connectivity index (χ2v) is 5.19. The van der Waals surface area contributed by atoms with Crippen molar-refractivity contribution in [1.29, 1.82) is 0 Å². The van der Waals surface area contributed by atoms with Gasteiger partial charge in [-0.15, -0.1) is 6.42 Å². The summed E-state index contributed by atoms with van der Waals surface area (Å²) in [6.45, 7) is 6.47. The van der Waals surface area contributed by atoms with Crippen LogP contribution in [0.4, 0.5) is 6.01 Å². The van der Waals surface area contributed by atoms with Crippen molar-refractivity contribution in [3.63, 3.8) is 0 Å². The zero-order chi connectivity index (χ0) is 13.0. The minimum atomic E-state index is 0.443. The average molecular weight is 247 g/mol. The zero-order valence-electron chi connectivity index (χ0n) is 11.1. The molecule has 1 aliphatic carbocycles. The Morgan fingerprint density at radius 2 is 2.39 bits per heavy atom. The Labute approximate surface area is 109 Å². The summed E-state index contributed by atoms with van der Waals surface area (Å²) >= 11 is 0. The van der Waals surface area contributed by atoms with E-state index in [0.29, 0.717) is 18.6 Å². The predicted octanol–water partition coefficient (Wildman–Crippen LogP) is 2.02. The lowest BCUT2D eigenvalue weighted by atomic mass is 10.3. The summed E-state index contributed by atoms with van der Waals surface area (Å²) in [6.07, 6.45) is 9.69. The van der Waals surface area contributed by atoms with Crippen LogP contribution in [0.2, 0.25) is 0 Å². The van der Waals surface area contributed by atoms with E-state index >= 15 is 0 Å². The minimum absolute atomic E-state index is 0.443. The fraction of sp³-hybridized carbons (Fsp3) is 0.643. The molecule has 18 heavy (non-hydrogen) atoms. The third kappa shape index (κ3) is 3.78. The molecule has 0 radical (unpaired) electrons. The summed E-state index contributed by atoms with van der Waals surface area (Å²) in [7, 11) is 0. The first-order valence-electron chi connectivity index (χ1n) is 6.55. The molecule has 4 heteroatoms. The zero-order valence-corrected chi connectivity index (χ0v) is 11.1. The number of nitrogens with one attached hydrogen (secondary N) is 1. The van der Waals surface area contributed by atoms with Crippen molar-refractivity contribution >= 4 is 6.01 Å². The van der Waals surface area contributed by atoms with Crippen LogP contribution in [-0.2, 0) is 6.54 Å². The molecule has 0 aromatic carbocycles. The average Bonchev–Trinajstić information content (AvgIpc) is 3.02. The van der Waals surface area contributed by atoms with Gasteiger partial charge in [-0.1, -0.05) is 19.8 Å². The van der Waals surface area contributed by atoms with Crippen LogP contribution in [0.3, 0.4) is 0 Å². The molecule has 0 amide bonds. The van der Waals surface area contributed by atoms with E-state index in [0.717, 1.165) is 24.7 Å². The van der Waals surface area contributed by atoms with E-state index in [4.69, 9.17) is 10.8 Å². The Morgan fingerprint density at radius 3 is 3.00 bits per heavy atom. The number of rotatable bonds is 7. The molecule has 1 heterocycles. The standard InChI is InChI=1S/C14H21N3O/c1-4-7-17(9-12-5-6-12)14-16-13(10-18-14)8-15-11(2)3/h1,10-12,15H,5-9H2,2-3H3. The monoisotopic (exact) mass is 247 g/mol. The lowest BCUT2D eigenvalue weighted by molar-refractivity contribution is 0.531. The number of hydrogen-bond acceptors (Lipinski definition) is 4. The van der Waals surface area contributed by atoms with Crippen molar-refractivity contribution in [1.82, 2.24) is 10.3 Å². The molecule has 1 fully saturated rings. The van der Waals surface area contributed by atoms with Crippen LogP contribution < -0.4 is 10.2 Å². The summed E-state index contributed by atoms with van der Waals surface area (Å²) in [6, 6.07) is 1.10. The smallest absolute Gasteiger partial charge is 0.298 e. The van der Waals surface area contributed by atoms with Gasteiger partial charge in [0.25, 0.3) is 6.01 Å². The fourth-order valence-electron chi connectivity index (χ4n) is 1.76. The van der Waals surface area contributed by atoms with Gasteiger partial charge in [-0.25, -0.2) is 0 Å². The van der Waals surface area contributed by atoms with Gasteiger partial charge in [0.15, 0.2) is 0 Å². The summed E-state index contributed by atoms with van der Waals surface area (Å²) in [4.78, 5) is 6.54. The molecule has 0 atom stereocenters. The molecular weight excluding hydrogens is 226 g/mol. The van der Waals surface area contributed by atoms with Crippen molar-refractivity contribution in [3.8, 4) is 12.3 Å². The Hall–Kier alpha value is -1.47. The van der Waals surface area contributed by atoms with Gasteiger partial charge in [0.2, 0.25) is 0 Å². The lowest BCUT2D eigenvalue weighted by Gasteiger charge is -2.16. The van der Waals surface area contributed by atoms with Crippen molar-refractivity contribution in [2.75, 3.05) is 18.0 Å². The van der Waals surface area contributed by atoms with Crippen LogP contribution in [-0.4, -0.2) is 24.1 Å². The number of hydrogen-bond donors (Lipinski definition) is 1. The predicted molar refractivity (Wildman–Crippen MR) is 72.2 cm³/mol. The first-order valence-corrected chi connectivity index (χ1v) is 6.55. The van der Waals surface area contributed by atoms with E-state index in [1.807, 2.05) is 0 Å². The van der Waals surface area contributed by atoms with Crippen LogP contribution in [0.5, 0.6) is 0 Å². The topological polar surface area (TPSA) is 41.3 Å². The second-order valence-electron chi connectivity index (χ2n) is 5.19. The maximum Gasteiger partial charge on any atom is 0.298 e. The molecule has 2 rings (SSSR count). The highest BCUT2D eigenvalue weighted by atomic mass is 16.4. The third-order valence-electron chi connectivity index (χ3n) is 2.96. The van der Waals surface area contributed by atoms with Crippen molar-refractivity contribution in [2.45, 2.75) is 39.3 Å². The summed E-state index contributed by atoms with van der Waals surface area (Å²) < 4.78 is 5.52. The van der Waals surface area contributed by atoms with Crippen LogP contribution in [0.25, 0.3) is 0 Å². The van der Waals surface area contributed by atoms with E-state index in [1.165, 1.54) is 12.8 Å². The highest BCUT2D eigenvalue weighted by molar-refractivity contribution is 5.30. The van der Waals surface area contributed by atoms with Gasteiger partial charge in [-0.3, -0.25) is 0 Å². The summed E-state index contributed by atoms with van der Waals surface area (Å²) in [5.41, 5.74) is 0.927. The largest absolute Gasteiger partial charge is 0.432 e. The highest BCUT2D eigenvalue weighted by Gasteiger charge is 2.26. The Kier molecular flexibility index (Phi) is 4.27. The summed E-state index contributed by atoms with van der Waals surface area (Å²) in [5, 5.41) is 3.32. The Balaban J connectivity index is 1.94. The van der Waals surface area contributed by atoms with Crippen molar-refractivity contribution in [3.05, 3.63) is 12.0 Å². The van der Waals surface area contributed by atoms with E-state index < -0.39 is 0 Å². The van der Waals surface area contributed by atoms with Gasteiger partial charge in [-0.05, 0) is 18.8 Å². The van der Waals surface area contributed by atoms with Gasteiger partial charge in [0.05, 0.1) is 12.2 Å².